The molecule has 0 atom stereocenters. The molecule has 0 aliphatic heterocycles. The monoisotopic (exact) mass is 256 g/mol. The summed E-state index contributed by atoms with van der Waals surface area (Å²) in [7, 11) is 0. The normalized spacial score (nSPS) is 16.4. The molecule has 0 unspecified atom stereocenters. The van der Waals surface area contributed by atoms with Crippen LogP contribution in [0, 0.1) is 0 Å². The maximum atomic E-state index is 12.0. The molecule has 0 radical (unpaired) electrons. The van der Waals surface area contributed by atoms with Crippen LogP contribution in [0.25, 0.3) is 0 Å². The Balaban J connectivity index is 1.91. The first-order valence-corrected chi connectivity index (χ1v) is 5.60. The first-order valence-electron chi connectivity index (χ1n) is 5.60. The fourth-order valence-corrected chi connectivity index (χ4v) is 1.55. The van der Waals surface area contributed by atoms with Crippen molar-refractivity contribution in [2.45, 2.75) is 31.5 Å². The maximum absolute atomic E-state index is 12.0. The van der Waals surface area contributed by atoms with E-state index in [9.17, 15) is 13.6 Å². The molecule has 98 valence electrons. The van der Waals surface area contributed by atoms with Crippen molar-refractivity contribution in [1.82, 2.24) is 5.32 Å². The van der Waals surface area contributed by atoms with E-state index in [4.69, 9.17) is 5.73 Å². The Kier molecular flexibility index (Phi) is 3.47. The third-order valence-corrected chi connectivity index (χ3v) is 2.82. The largest absolute Gasteiger partial charge is 0.435 e. The second kappa shape index (κ2) is 4.89. The Morgan fingerprint density at radius 3 is 2.83 bits per heavy atom. The Labute approximate surface area is 103 Å². The van der Waals surface area contributed by atoms with Gasteiger partial charge in [0, 0.05) is 6.54 Å². The predicted octanol–water partition coefficient (Wildman–Crippen LogP) is 1.40. The summed E-state index contributed by atoms with van der Waals surface area (Å²) < 4.78 is 28.3. The van der Waals surface area contributed by atoms with Crippen LogP contribution in [0.1, 0.15) is 18.4 Å². The van der Waals surface area contributed by atoms with Crippen molar-refractivity contribution < 1.29 is 18.3 Å². The summed E-state index contributed by atoms with van der Waals surface area (Å²) in [5.41, 5.74) is 5.67. The van der Waals surface area contributed by atoms with Crippen molar-refractivity contribution in [3.8, 4) is 5.75 Å². The van der Waals surface area contributed by atoms with E-state index < -0.39 is 12.2 Å². The lowest BCUT2D eigenvalue weighted by Crippen LogP contribution is -2.42. The van der Waals surface area contributed by atoms with E-state index in [1.165, 1.54) is 12.1 Å². The van der Waals surface area contributed by atoms with Crippen molar-refractivity contribution in [1.29, 1.82) is 0 Å². The van der Waals surface area contributed by atoms with Gasteiger partial charge in [0.05, 0.1) is 5.54 Å². The Hall–Kier alpha value is -1.69. The minimum Gasteiger partial charge on any atom is -0.435 e. The maximum Gasteiger partial charge on any atom is 0.387 e. The lowest BCUT2D eigenvalue weighted by molar-refractivity contribution is -0.123. The van der Waals surface area contributed by atoms with Crippen LogP contribution < -0.4 is 15.8 Å². The number of nitrogens with two attached hydrogens (primary N) is 1. The van der Waals surface area contributed by atoms with Gasteiger partial charge in [-0.2, -0.15) is 8.78 Å². The van der Waals surface area contributed by atoms with Crippen LogP contribution in [-0.4, -0.2) is 18.1 Å². The number of halogens is 2. The Bertz CT molecular complexity index is 447. The summed E-state index contributed by atoms with van der Waals surface area (Å²) in [6.45, 7) is -2.60. The third-order valence-electron chi connectivity index (χ3n) is 2.82. The molecule has 0 saturated heterocycles. The molecule has 0 spiro atoms. The van der Waals surface area contributed by atoms with Crippen LogP contribution in [0.2, 0.25) is 0 Å². The number of amides is 1. The standard InChI is InChI=1S/C12H14F2N2O2/c13-11(14)18-9-3-1-2-8(6-9)7-16-10(17)12(15)4-5-12/h1-3,6,11H,4-5,7,15H2,(H,16,17). The van der Waals surface area contributed by atoms with Gasteiger partial charge in [0.1, 0.15) is 5.75 Å². The molecule has 18 heavy (non-hydrogen) atoms. The first-order chi connectivity index (χ1) is 8.49. The van der Waals surface area contributed by atoms with Crippen LogP contribution in [0.3, 0.4) is 0 Å². The third kappa shape index (κ3) is 3.16. The number of hydrogen-bond donors (Lipinski definition) is 2. The van der Waals surface area contributed by atoms with E-state index in [1.807, 2.05) is 0 Å². The van der Waals surface area contributed by atoms with Gasteiger partial charge >= 0.3 is 6.61 Å². The van der Waals surface area contributed by atoms with Gasteiger partial charge in [-0.25, -0.2) is 0 Å². The number of alkyl halides is 2. The topological polar surface area (TPSA) is 64.4 Å². The molecule has 2 rings (SSSR count). The molecule has 1 aromatic carbocycles. The summed E-state index contributed by atoms with van der Waals surface area (Å²) in [6, 6.07) is 6.20. The predicted molar refractivity (Wildman–Crippen MR) is 61.1 cm³/mol. The summed E-state index contributed by atoms with van der Waals surface area (Å²) in [5, 5.41) is 2.67. The fraction of sp³-hybridized carbons (Fsp3) is 0.417. The van der Waals surface area contributed by atoms with Gasteiger partial charge in [-0.1, -0.05) is 12.1 Å². The summed E-state index contributed by atoms with van der Waals surface area (Å²) in [4.78, 5) is 11.6. The van der Waals surface area contributed by atoms with Crippen molar-refractivity contribution in [2.75, 3.05) is 0 Å². The molecule has 1 fully saturated rings. The zero-order valence-electron chi connectivity index (χ0n) is 9.66. The lowest BCUT2D eigenvalue weighted by Gasteiger charge is -2.11. The molecule has 1 aromatic rings. The number of carbonyl (C=O) groups excluding carboxylic acids is 1. The SMILES string of the molecule is NC1(C(=O)NCc2cccc(OC(F)F)c2)CC1. The van der Waals surface area contributed by atoms with Crippen LogP contribution in [0.15, 0.2) is 24.3 Å². The van der Waals surface area contributed by atoms with Crippen molar-refractivity contribution >= 4 is 5.91 Å². The number of rotatable bonds is 5. The summed E-state index contributed by atoms with van der Waals surface area (Å²) >= 11 is 0. The highest BCUT2D eigenvalue weighted by atomic mass is 19.3. The molecule has 1 aliphatic carbocycles. The van der Waals surface area contributed by atoms with Gasteiger partial charge in [0.2, 0.25) is 5.91 Å². The molecule has 1 aliphatic rings. The fourth-order valence-electron chi connectivity index (χ4n) is 1.55. The van der Waals surface area contributed by atoms with Gasteiger partial charge in [0.25, 0.3) is 0 Å². The zero-order chi connectivity index (χ0) is 13.2. The smallest absolute Gasteiger partial charge is 0.387 e. The molecular formula is C12H14F2N2O2. The van der Waals surface area contributed by atoms with Crippen LogP contribution in [0.4, 0.5) is 8.78 Å². The lowest BCUT2D eigenvalue weighted by atomic mass is 10.2. The summed E-state index contributed by atoms with van der Waals surface area (Å²) in [6.07, 6.45) is 1.38. The summed E-state index contributed by atoms with van der Waals surface area (Å²) in [5.74, 6) is -0.131. The van der Waals surface area contributed by atoms with Crippen molar-refractivity contribution in [3.05, 3.63) is 29.8 Å². The Morgan fingerprint density at radius 2 is 2.22 bits per heavy atom. The molecule has 4 nitrogen and oxygen atoms in total. The van der Waals surface area contributed by atoms with E-state index in [1.54, 1.807) is 12.1 Å². The highest BCUT2D eigenvalue weighted by molar-refractivity contribution is 5.88. The highest BCUT2D eigenvalue weighted by Gasteiger charge is 2.45. The molecule has 1 amide bonds. The zero-order valence-corrected chi connectivity index (χ0v) is 9.66. The van der Waals surface area contributed by atoms with E-state index in [2.05, 4.69) is 10.1 Å². The van der Waals surface area contributed by atoms with Crippen molar-refractivity contribution in [2.24, 2.45) is 5.73 Å². The average molecular weight is 256 g/mol. The molecule has 0 aromatic heterocycles. The number of hydrogen-bond acceptors (Lipinski definition) is 3. The van der Waals surface area contributed by atoms with E-state index in [0.29, 0.717) is 18.4 Å². The molecule has 1 saturated carbocycles. The minimum absolute atomic E-state index is 0.0747. The molecule has 0 heterocycles. The Morgan fingerprint density at radius 1 is 1.50 bits per heavy atom. The minimum atomic E-state index is -2.85. The van der Waals surface area contributed by atoms with Gasteiger partial charge in [-0.05, 0) is 30.5 Å². The van der Waals surface area contributed by atoms with Gasteiger partial charge < -0.3 is 15.8 Å². The second-order valence-corrected chi connectivity index (χ2v) is 4.36. The molecular weight excluding hydrogens is 242 g/mol. The van der Waals surface area contributed by atoms with E-state index in [0.717, 1.165) is 0 Å². The number of ether oxygens (including phenoxy) is 1. The van der Waals surface area contributed by atoms with Crippen molar-refractivity contribution in [3.63, 3.8) is 0 Å². The van der Waals surface area contributed by atoms with Crippen LogP contribution >= 0.6 is 0 Å². The first kappa shape index (κ1) is 12.8. The van der Waals surface area contributed by atoms with Crippen LogP contribution in [-0.2, 0) is 11.3 Å². The van der Waals surface area contributed by atoms with Gasteiger partial charge in [-0.15, -0.1) is 0 Å². The molecule has 6 heteroatoms. The highest BCUT2D eigenvalue weighted by Crippen LogP contribution is 2.32. The number of carbonyl (C=O) groups is 1. The van der Waals surface area contributed by atoms with Gasteiger partial charge in [0.15, 0.2) is 0 Å². The quantitative estimate of drug-likeness (QED) is 0.836. The number of nitrogens with one attached hydrogen (secondary N) is 1. The van der Waals surface area contributed by atoms with Crippen LogP contribution in [0.5, 0.6) is 5.75 Å². The van der Waals surface area contributed by atoms with Gasteiger partial charge in [-0.3, -0.25) is 4.79 Å². The average Bonchev–Trinajstić information content (AvgIpc) is 3.05. The second-order valence-electron chi connectivity index (χ2n) is 4.36. The van der Waals surface area contributed by atoms with E-state index in [-0.39, 0.29) is 18.2 Å². The number of benzene rings is 1. The molecule has 0 bridgehead atoms. The molecule has 3 N–H and O–H groups in total. The van der Waals surface area contributed by atoms with E-state index >= 15 is 0 Å².